The van der Waals surface area contributed by atoms with Gasteiger partial charge in [-0.1, -0.05) is 18.6 Å². The van der Waals surface area contributed by atoms with E-state index in [1.165, 1.54) is 5.57 Å². The fourth-order valence-corrected chi connectivity index (χ4v) is 2.45. The van der Waals surface area contributed by atoms with Crippen LogP contribution in [0.1, 0.15) is 61.5 Å². The molecule has 0 amide bonds. The number of carbonyl (C=O) groups is 1. The summed E-state index contributed by atoms with van der Waals surface area (Å²) in [7, 11) is 0. The molecule has 0 aliphatic heterocycles. The Balaban J connectivity index is 2.33. The summed E-state index contributed by atoms with van der Waals surface area (Å²) in [5.41, 5.74) is 3.41. The van der Waals surface area contributed by atoms with Crippen LogP contribution in [0.15, 0.2) is 23.8 Å². The van der Waals surface area contributed by atoms with Crippen molar-refractivity contribution < 1.29 is 14.6 Å². The molecule has 3 nitrogen and oxygen atoms in total. The second-order valence-corrected chi connectivity index (χ2v) is 6.69. The van der Waals surface area contributed by atoms with E-state index in [9.17, 15) is 9.90 Å². The molecule has 23 heavy (non-hydrogen) atoms. The maximum absolute atomic E-state index is 12.1. The minimum absolute atomic E-state index is 0.0339. The molecule has 0 fully saturated rings. The van der Waals surface area contributed by atoms with Crippen molar-refractivity contribution in [3.05, 3.63) is 40.5 Å². The molecular formula is C20H30O3. The zero-order chi connectivity index (χ0) is 17.4. The van der Waals surface area contributed by atoms with Crippen molar-refractivity contribution in [2.75, 3.05) is 13.2 Å². The minimum Gasteiger partial charge on any atom is -0.507 e. The van der Waals surface area contributed by atoms with Crippen molar-refractivity contribution in [1.29, 1.82) is 0 Å². The van der Waals surface area contributed by atoms with Crippen LogP contribution in [0.5, 0.6) is 5.75 Å². The number of aromatic hydroxyl groups is 1. The molecule has 3 heteroatoms. The van der Waals surface area contributed by atoms with Crippen LogP contribution in [-0.2, 0) is 4.74 Å². The number of benzene rings is 1. The smallest absolute Gasteiger partial charge is 0.188 e. The third-order valence-corrected chi connectivity index (χ3v) is 4.01. The van der Waals surface area contributed by atoms with Crippen molar-refractivity contribution in [3.8, 4) is 5.75 Å². The summed E-state index contributed by atoms with van der Waals surface area (Å²) >= 11 is 0. The first-order valence-corrected chi connectivity index (χ1v) is 8.35. The standard InChI is InChI=1S/C20H30O3/c1-14(2)7-6-8-15(3)9-10-23-13-19(21)18-11-16(4)20(22)17(5)12-18/h7,11-12,15,22H,6,8-10,13H2,1-5H3. The molecule has 0 saturated heterocycles. The van der Waals surface area contributed by atoms with Gasteiger partial charge in [0.15, 0.2) is 5.78 Å². The van der Waals surface area contributed by atoms with E-state index in [4.69, 9.17) is 4.74 Å². The molecule has 0 radical (unpaired) electrons. The Kier molecular flexibility index (Phi) is 8.04. The molecule has 128 valence electrons. The van der Waals surface area contributed by atoms with Gasteiger partial charge in [0.25, 0.3) is 0 Å². The molecule has 1 rings (SSSR count). The van der Waals surface area contributed by atoms with E-state index in [0.29, 0.717) is 18.1 Å². The molecule has 1 unspecified atom stereocenters. The fraction of sp³-hybridized carbons (Fsp3) is 0.550. The van der Waals surface area contributed by atoms with Gasteiger partial charge in [0.2, 0.25) is 0 Å². The third-order valence-electron chi connectivity index (χ3n) is 4.01. The predicted octanol–water partition coefficient (Wildman–Crippen LogP) is 4.98. The summed E-state index contributed by atoms with van der Waals surface area (Å²) in [6, 6.07) is 3.44. The highest BCUT2D eigenvalue weighted by Crippen LogP contribution is 2.23. The molecule has 0 aromatic heterocycles. The number of phenolic OH excluding ortho intramolecular Hbond substituents is 1. The van der Waals surface area contributed by atoms with Crippen LogP contribution in [-0.4, -0.2) is 24.1 Å². The summed E-state index contributed by atoms with van der Waals surface area (Å²) < 4.78 is 5.53. The van der Waals surface area contributed by atoms with Crippen molar-refractivity contribution in [1.82, 2.24) is 0 Å². The highest BCUT2D eigenvalue weighted by Gasteiger charge is 2.11. The number of hydrogen-bond donors (Lipinski definition) is 1. The van der Waals surface area contributed by atoms with E-state index in [-0.39, 0.29) is 18.1 Å². The highest BCUT2D eigenvalue weighted by atomic mass is 16.5. The first kappa shape index (κ1) is 19.4. The number of carbonyl (C=O) groups excluding carboxylic acids is 1. The lowest BCUT2D eigenvalue weighted by molar-refractivity contribution is 0.0734. The van der Waals surface area contributed by atoms with Gasteiger partial charge >= 0.3 is 0 Å². The number of phenols is 1. The number of rotatable bonds is 9. The van der Waals surface area contributed by atoms with Gasteiger partial charge in [0.1, 0.15) is 12.4 Å². The number of aryl methyl sites for hydroxylation is 2. The zero-order valence-electron chi connectivity index (χ0n) is 15.1. The van der Waals surface area contributed by atoms with Crippen LogP contribution in [0.4, 0.5) is 0 Å². The van der Waals surface area contributed by atoms with E-state index in [1.807, 2.05) is 0 Å². The average Bonchev–Trinajstić information content (AvgIpc) is 2.48. The number of allylic oxidation sites excluding steroid dienone is 2. The Morgan fingerprint density at radius 3 is 2.39 bits per heavy atom. The second kappa shape index (κ2) is 9.51. The second-order valence-electron chi connectivity index (χ2n) is 6.69. The Morgan fingerprint density at radius 2 is 1.83 bits per heavy atom. The third kappa shape index (κ3) is 7.00. The fourth-order valence-electron chi connectivity index (χ4n) is 2.45. The summed E-state index contributed by atoms with van der Waals surface area (Å²) in [5.74, 6) is 0.819. The predicted molar refractivity (Wildman–Crippen MR) is 95.2 cm³/mol. The molecule has 1 aromatic carbocycles. The number of ether oxygens (including phenoxy) is 1. The van der Waals surface area contributed by atoms with Crippen LogP contribution in [0.25, 0.3) is 0 Å². The topological polar surface area (TPSA) is 46.5 Å². The van der Waals surface area contributed by atoms with Crippen LogP contribution in [0, 0.1) is 19.8 Å². The van der Waals surface area contributed by atoms with Gasteiger partial charge in [0, 0.05) is 12.2 Å². The van der Waals surface area contributed by atoms with Crippen LogP contribution in [0.3, 0.4) is 0 Å². The summed E-state index contributed by atoms with van der Waals surface area (Å²) in [4.78, 5) is 12.1. The first-order chi connectivity index (χ1) is 10.8. The van der Waals surface area contributed by atoms with Gasteiger partial charge in [-0.25, -0.2) is 0 Å². The molecule has 1 atom stereocenters. The quantitative estimate of drug-likeness (QED) is 0.397. The molecule has 0 spiro atoms. The van der Waals surface area contributed by atoms with Crippen molar-refractivity contribution in [2.24, 2.45) is 5.92 Å². The Labute approximate surface area is 140 Å². The lowest BCUT2D eigenvalue weighted by Crippen LogP contribution is -2.12. The van der Waals surface area contributed by atoms with Crippen molar-refractivity contribution in [3.63, 3.8) is 0 Å². The molecule has 0 heterocycles. The number of Topliss-reactive ketones (excluding diaryl/α,β-unsaturated/α-hetero) is 1. The van der Waals surface area contributed by atoms with Gasteiger partial charge in [-0.2, -0.15) is 0 Å². The molecule has 0 saturated carbocycles. The van der Waals surface area contributed by atoms with E-state index >= 15 is 0 Å². The molecule has 1 N–H and O–H groups in total. The molecule has 0 bridgehead atoms. The van der Waals surface area contributed by atoms with E-state index in [0.717, 1.165) is 30.4 Å². The summed E-state index contributed by atoms with van der Waals surface area (Å²) in [6.07, 6.45) is 5.49. The normalized spacial score (nSPS) is 12.0. The van der Waals surface area contributed by atoms with Gasteiger partial charge in [0.05, 0.1) is 0 Å². The van der Waals surface area contributed by atoms with E-state index < -0.39 is 0 Å². The highest BCUT2D eigenvalue weighted by molar-refractivity contribution is 5.97. The van der Waals surface area contributed by atoms with E-state index in [1.54, 1.807) is 26.0 Å². The molecule has 0 aliphatic carbocycles. The zero-order valence-corrected chi connectivity index (χ0v) is 15.1. The van der Waals surface area contributed by atoms with Crippen LogP contribution >= 0.6 is 0 Å². The summed E-state index contributed by atoms with van der Waals surface area (Å²) in [5, 5.41) is 9.75. The SMILES string of the molecule is CC(C)=CCCC(C)CCOCC(=O)c1cc(C)c(O)c(C)c1. The van der Waals surface area contributed by atoms with Crippen molar-refractivity contribution in [2.45, 2.75) is 53.9 Å². The minimum atomic E-state index is -0.0339. The van der Waals surface area contributed by atoms with Crippen LogP contribution in [0.2, 0.25) is 0 Å². The van der Waals surface area contributed by atoms with E-state index in [2.05, 4.69) is 26.8 Å². The lowest BCUT2D eigenvalue weighted by atomic mass is 10.0. The van der Waals surface area contributed by atoms with Crippen molar-refractivity contribution >= 4 is 5.78 Å². The Bertz CT molecular complexity index is 531. The van der Waals surface area contributed by atoms with Gasteiger partial charge in [-0.05, 0) is 76.1 Å². The largest absolute Gasteiger partial charge is 0.507 e. The van der Waals surface area contributed by atoms with Gasteiger partial charge in [-0.15, -0.1) is 0 Å². The number of ketones is 1. The van der Waals surface area contributed by atoms with Gasteiger partial charge < -0.3 is 9.84 Å². The molecule has 1 aromatic rings. The summed E-state index contributed by atoms with van der Waals surface area (Å²) in [6.45, 7) is 10.8. The molecule has 0 aliphatic rings. The lowest BCUT2D eigenvalue weighted by Gasteiger charge is -2.11. The number of hydrogen-bond acceptors (Lipinski definition) is 3. The Hall–Kier alpha value is -1.61. The Morgan fingerprint density at radius 1 is 1.22 bits per heavy atom. The van der Waals surface area contributed by atoms with Gasteiger partial charge in [-0.3, -0.25) is 4.79 Å². The van der Waals surface area contributed by atoms with Crippen LogP contribution < -0.4 is 0 Å². The monoisotopic (exact) mass is 318 g/mol. The maximum Gasteiger partial charge on any atom is 0.188 e. The first-order valence-electron chi connectivity index (χ1n) is 8.35. The maximum atomic E-state index is 12.1. The average molecular weight is 318 g/mol. The molecular weight excluding hydrogens is 288 g/mol.